The summed E-state index contributed by atoms with van der Waals surface area (Å²) in [6.07, 6.45) is 5.18. The minimum absolute atomic E-state index is 0.295. The van der Waals surface area contributed by atoms with Crippen LogP contribution in [0.5, 0.6) is 0 Å². The summed E-state index contributed by atoms with van der Waals surface area (Å²) in [6, 6.07) is 6.89. The molecular weight excluding hydrogens is 487 g/mol. The molecule has 2 aliphatic heterocycles. The maximum Gasteiger partial charge on any atom is 0.290 e. The molecule has 0 unspecified atom stereocenters. The van der Waals surface area contributed by atoms with Crippen LogP contribution in [-0.4, -0.2) is 45.7 Å². The summed E-state index contributed by atoms with van der Waals surface area (Å²) in [5, 5.41) is 9.23. The smallest absolute Gasteiger partial charge is 0.290 e. The minimum atomic E-state index is -0.401. The zero-order valence-corrected chi connectivity index (χ0v) is 20.4. The van der Waals surface area contributed by atoms with Crippen LogP contribution in [0.3, 0.4) is 0 Å². The fourth-order valence-electron chi connectivity index (χ4n) is 4.06. The Morgan fingerprint density at radius 3 is 2.77 bits per heavy atom. The first-order valence-corrected chi connectivity index (χ1v) is 13.0. The number of halogens is 1. The van der Waals surface area contributed by atoms with Gasteiger partial charge in [0.05, 0.1) is 22.0 Å². The Labute approximate surface area is 210 Å². The van der Waals surface area contributed by atoms with Gasteiger partial charge < -0.3 is 10.2 Å². The molecule has 0 saturated carbocycles. The topological polar surface area (TPSA) is 100 Å². The summed E-state index contributed by atoms with van der Waals surface area (Å²) >= 11 is 2.46. The third-order valence-electron chi connectivity index (χ3n) is 5.94. The molecule has 11 heteroatoms. The summed E-state index contributed by atoms with van der Waals surface area (Å²) < 4.78 is 14.3. The third-order valence-corrected chi connectivity index (χ3v) is 7.44. The predicted octanol–water partition coefficient (Wildman–Crippen LogP) is 4.07. The highest BCUT2D eigenvalue weighted by atomic mass is 32.2. The van der Waals surface area contributed by atoms with Crippen LogP contribution in [0.1, 0.15) is 24.2 Å². The van der Waals surface area contributed by atoms with Gasteiger partial charge in [0.25, 0.3) is 11.1 Å². The van der Waals surface area contributed by atoms with Gasteiger partial charge in [-0.3, -0.25) is 14.9 Å². The summed E-state index contributed by atoms with van der Waals surface area (Å²) in [5.41, 5.74) is 2.81. The van der Waals surface area contributed by atoms with Crippen LogP contribution in [-0.2, 0) is 11.3 Å². The van der Waals surface area contributed by atoms with E-state index in [9.17, 15) is 14.0 Å². The highest BCUT2D eigenvalue weighted by Crippen LogP contribution is 2.26. The number of imide groups is 1. The van der Waals surface area contributed by atoms with Gasteiger partial charge in [0.2, 0.25) is 5.95 Å². The van der Waals surface area contributed by atoms with E-state index in [1.54, 1.807) is 35.7 Å². The van der Waals surface area contributed by atoms with E-state index in [1.165, 1.54) is 6.07 Å². The van der Waals surface area contributed by atoms with Gasteiger partial charge in [-0.2, -0.15) is 11.3 Å². The maximum absolute atomic E-state index is 14.3. The molecule has 3 aromatic rings. The zero-order valence-electron chi connectivity index (χ0n) is 18.7. The van der Waals surface area contributed by atoms with Crippen molar-refractivity contribution in [1.29, 1.82) is 0 Å². The summed E-state index contributed by atoms with van der Waals surface area (Å²) in [7, 11) is 0. The number of thiophene rings is 1. The number of hydrogen-bond acceptors (Lipinski definition) is 9. The van der Waals surface area contributed by atoms with Crippen molar-refractivity contribution in [1.82, 2.24) is 25.6 Å². The Hall–Kier alpha value is -3.15. The lowest BCUT2D eigenvalue weighted by Gasteiger charge is -2.32. The van der Waals surface area contributed by atoms with Crippen LogP contribution in [0.4, 0.5) is 15.1 Å². The maximum atomic E-state index is 14.3. The molecule has 2 fully saturated rings. The highest BCUT2D eigenvalue weighted by molar-refractivity contribution is 8.18. The van der Waals surface area contributed by atoms with E-state index in [4.69, 9.17) is 0 Å². The van der Waals surface area contributed by atoms with E-state index in [-0.39, 0.29) is 11.1 Å². The molecule has 5 heterocycles. The molecule has 35 heavy (non-hydrogen) atoms. The SMILES string of the molecule is O=C1NC(=O)/C(=C\c2ccnc(N3CCC(CNCc4nc(-c5ccsc5)ccc4F)CC3)n2)S1. The number of hydrogen-bond donors (Lipinski definition) is 2. The Morgan fingerprint density at radius 2 is 2.03 bits per heavy atom. The van der Waals surface area contributed by atoms with E-state index >= 15 is 0 Å². The fraction of sp³-hybridized carbons (Fsp3) is 0.292. The predicted molar refractivity (Wildman–Crippen MR) is 135 cm³/mol. The number of amides is 2. The van der Waals surface area contributed by atoms with E-state index in [2.05, 4.69) is 30.5 Å². The van der Waals surface area contributed by atoms with Gasteiger partial charge >= 0.3 is 0 Å². The molecule has 0 aromatic carbocycles. The van der Waals surface area contributed by atoms with Gasteiger partial charge in [0, 0.05) is 36.8 Å². The first kappa shape index (κ1) is 23.6. The van der Waals surface area contributed by atoms with Gasteiger partial charge in [-0.15, -0.1) is 0 Å². The lowest BCUT2D eigenvalue weighted by atomic mass is 9.97. The summed E-state index contributed by atoms with van der Waals surface area (Å²) in [5.74, 6) is 0.374. The fourth-order valence-corrected chi connectivity index (χ4v) is 5.38. The number of carbonyl (C=O) groups excluding carboxylic acids is 2. The van der Waals surface area contributed by atoms with Crippen molar-refractivity contribution in [2.45, 2.75) is 19.4 Å². The lowest BCUT2D eigenvalue weighted by Crippen LogP contribution is -2.38. The quantitative estimate of drug-likeness (QED) is 0.459. The molecule has 0 bridgehead atoms. The number of thioether (sulfide) groups is 1. The second kappa shape index (κ2) is 10.6. The normalized spacial score (nSPS) is 17.9. The lowest BCUT2D eigenvalue weighted by molar-refractivity contribution is -0.115. The molecule has 3 aromatic heterocycles. The molecule has 2 N–H and O–H groups in total. The van der Waals surface area contributed by atoms with Gasteiger partial charge in [-0.1, -0.05) is 0 Å². The van der Waals surface area contributed by atoms with Crippen molar-refractivity contribution < 1.29 is 14.0 Å². The highest BCUT2D eigenvalue weighted by Gasteiger charge is 2.26. The molecule has 5 rings (SSSR count). The Kier molecular flexibility index (Phi) is 7.16. The van der Waals surface area contributed by atoms with Crippen molar-refractivity contribution in [3.05, 3.63) is 63.3 Å². The van der Waals surface area contributed by atoms with Crippen LogP contribution in [0.15, 0.2) is 46.1 Å². The summed E-state index contributed by atoms with van der Waals surface area (Å²) in [4.78, 5) is 39.0. The molecule has 0 atom stereocenters. The van der Waals surface area contributed by atoms with E-state index in [0.29, 0.717) is 34.7 Å². The number of carbonyl (C=O) groups is 2. The molecule has 8 nitrogen and oxygen atoms in total. The van der Waals surface area contributed by atoms with Crippen LogP contribution in [0.2, 0.25) is 0 Å². The molecule has 0 radical (unpaired) electrons. The third kappa shape index (κ3) is 5.75. The zero-order chi connectivity index (χ0) is 24.2. The van der Waals surface area contributed by atoms with Crippen molar-refractivity contribution >= 4 is 46.3 Å². The van der Waals surface area contributed by atoms with Crippen LogP contribution < -0.4 is 15.5 Å². The number of pyridine rings is 1. The van der Waals surface area contributed by atoms with E-state index in [1.807, 2.05) is 16.8 Å². The van der Waals surface area contributed by atoms with Crippen LogP contribution >= 0.6 is 23.1 Å². The van der Waals surface area contributed by atoms with E-state index in [0.717, 1.165) is 55.5 Å². The Bertz CT molecular complexity index is 1260. The Morgan fingerprint density at radius 1 is 1.17 bits per heavy atom. The van der Waals surface area contributed by atoms with Gasteiger partial charge in [0.15, 0.2) is 0 Å². The average Bonchev–Trinajstić information content (AvgIpc) is 3.51. The standard InChI is InChI=1S/C24H23FN6O2S2/c25-18-1-2-19(16-6-10-34-14-16)29-20(18)13-26-12-15-4-8-31(9-5-15)23-27-7-3-17(28-23)11-21-22(32)30-24(33)35-21/h1-3,6-7,10-11,14-15,26H,4-5,8-9,12-13H2,(H,30,32,33)/b21-11+. The number of piperidine rings is 1. The van der Waals surface area contributed by atoms with Crippen molar-refractivity contribution in [2.75, 3.05) is 24.5 Å². The minimum Gasteiger partial charge on any atom is -0.341 e. The van der Waals surface area contributed by atoms with Crippen molar-refractivity contribution in [3.8, 4) is 11.3 Å². The van der Waals surface area contributed by atoms with Crippen LogP contribution in [0, 0.1) is 11.7 Å². The molecular formula is C24H23FN6O2S2. The average molecular weight is 511 g/mol. The number of anilines is 1. The molecule has 0 spiro atoms. The molecule has 0 aliphatic carbocycles. The van der Waals surface area contributed by atoms with Crippen molar-refractivity contribution in [3.63, 3.8) is 0 Å². The second-order valence-corrected chi connectivity index (χ2v) is 10.1. The Balaban J connectivity index is 1.13. The molecule has 2 saturated heterocycles. The number of nitrogens with zero attached hydrogens (tertiary/aromatic N) is 4. The number of rotatable bonds is 7. The largest absolute Gasteiger partial charge is 0.341 e. The molecule has 180 valence electrons. The van der Waals surface area contributed by atoms with E-state index < -0.39 is 5.91 Å². The molecule has 2 aliphatic rings. The summed E-state index contributed by atoms with van der Waals surface area (Å²) in [6.45, 7) is 2.78. The van der Waals surface area contributed by atoms with Gasteiger partial charge in [0.1, 0.15) is 5.82 Å². The first-order chi connectivity index (χ1) is 17.0. The number of aromatic nitrogens is 3. The second-order valence-electron chi connectivity index (χ2n) is 8.33. The number of nitrogens with one attached hydrogen (secondary N) is 2. The monoisotopic (exact) mass is 510 g/mol. The first-order valence-electron chi connectivity index (χ1n) is 11.3. The van der Waals surface area contributed by atoms with Crippen LogP contribution in [0.25, 0.3) is 17.3 Å². The molecule has 2 amide bonds. The van der Waals surface area contributed by atoms with Gasteiger partial charge in [-0.25, -0.2) is 19.3 Å². The van der Waals surface area contributed by atoms with Gasteiger partial charge in [-0.05, 0) is 72.8 Å². The van der Waals surface area contributed by atoms with Crippen molar-refractivity contribution in [2.24, 2.45) is 5.92 Å².